The highest BCUT2D eigenvalue weighted by atomic mass is 19.4. The summed E-state index contributed by atoms with van der Waals surface area (Å²) in [4.78, 5) is 14.6. The van der Waals surface area contributed by atoms with Crippen LogP contribution in [0.3, 0.4) is 0 Å². The van der Waals surface area contributed by atoms with E-state index in [1.807, 2.05) is 9.80 Å². The van der Waals surface area contributed by atoms with Crippen molar-refractivity contribution in [1.82, 2.24) is 9.80 Å². The van der Waals surface area contributed by atoms with Gasteiger partial charge in [0.2, 0.25) is 0 Å². The van der Waals surface area contributed by atoms with Crippen LogP contribution in [-0.4, -0.2) is 79.0 Å². The number of alkyl halides is 3. The summed E-state index contributed by atoms with van der Waals surface area (Å²) in [5, 5.41) is 8.87. The molecule has 1 atom stereocenters. The van der Waals surface area contributed by atoms with E-state index in [1.54, 1.807) is 6.92 Å². The van der Waals surface area contributed by atoms with Crippen LogP contribution < -0.4 is 0 Å². The first-order chi connectivity index (χ1) is 8.79. The van der Waals surface area contributed by atoms with Crippen LogP contribution in [-0.2, 0) is 9.53 Å². The van der Waals surface area contributed by atoms with Gasteiger partial charge in [0.05, 0.1) is 6.61 Å². The van der Waals surface area contributed by atoms with Crippen LogP contribution in [0.15, 0.2) is 0 Å². The lowest BCUT2D eigenvalue weighted by atomic mass is 10.2. The maximum atomic E-state index is 11.8. The van der Waals surface area contributed by atoms with Crippen LogP contribution in [0.5, 0.6) is 0 Å². The Bertz CT molecular complexity index is 291. The van der Waals surface area contributed by atoms with Crippen molar-refractivity contribution < 1.29 is 27.8 Å². The minimum atomic E-state index is -4.28. The molecule has 1 saturated heterocycles. The topological polar surface area (TPSA) is 53.0 Å². The van der Waals surface area contributed by atoms with Gasteiger partial charge in [0, 0.05) is 32.7 Å². The molecule has 0 bridgehead atoms. The molecule has 0 aliphatic carbocycles. The molecule has 1 fully saturated rings. The number of hydrogen-bond acceptors (Lipinski definition) is 4. The number of nitrogens with zero attached hydrogens (tertiary/aromatic N) is 2. The van der Waals surface area contributed by atoms with Crippen LogP contribution in [0.2, 0.25) is 0 Å². The molecule has 0 amide bonds. The number of aliphatic carboxylic acids is 1. The van der Waals surface area contributed by atoms with Gasteiger partial charge in [-0.15, -0.1) is 0 Å². The molecule has 0 aromatic carbocycles. The smallest absolute Gasteiger partial charge is 0.411 e. The predicted molar refractivity (Wildman–Crippen MR) is 62.0 cm³/mol. The number of ether oxygens (including phenoxy) is 1. The number of carboxylic acid groups (broad SMARTS) is 1. The van der Waals surface area contributed by atoms with Crippen LogP contribution in [0.4, 0.5) is 13.2 Å². The molecule has 8 heteroatoms. The monoisotopic (exact) mass is 284 g/mol. The number of hydrogen-bond donors (Lipinski definition) is 1. The molecule has 1 rings (SSSR count). The zero-order valence-corrected chi connectivity index (χ0v) is 10.8. The van der Waals surface area contributed by atoms with Gasteiger partial charge in [-0.05, 0) is 6.92 Å². The van der Waals surface area contributed by atoms with E-state index in [-0.39, 0.29) is 6.61 Å². The van der Waals surface area contributed by atoms with Gasteiger partial charge in [0.15, 0.2) is 0 Å². The molecule has 5 nitrogen and oxygen atoms in total. The summed E-state index contributed by atoms with van der Waals surface area (Å²) < 4.78 is 40.0. The van der Waals surface area contributed by atoms with Gasteiger partial charge in [-0.25, -0.2) is 0 Å². The molecule has 1 aliphatic rings. The molecule has 0 aromatic heterocycles. The highest BCUT2D eigenvalue weighted by molar-refractivity contribution is 5.72. The number of piperazine rings is 1. The standard InChI is InChI=1S/C11H19F3N2O3/c1-9(10(17)18)16-4-2-15(3-5-16)6-7-19-8-11(12,13)14/h9H,2-8H2,1H3,(H,17,18). The van der Waals surface area contributed by atoms with E-state index in [1.165, 1.54) is 0 Å². The van der Waals surface area contributed by atoms with Gasteiger partial charge in [-0.3, -0.25) is 14.6 Å². The highest BCUT2D eigenvalue weighted by Crippen LogP contribution is 2.14. The van der Waals surface area contributed by atoms with E-state index >= 15 is 0 Å². The summed E-state index contributed by atoms with van der Waals surface area (Å²) in [5.74, 6) is -0.859. The van der Waals surface area contributed by atoms with Gasteiger partial charge in [-0.2, -0.15) is 13.2 Å². The number of carboxylic acids is 1. The SMILES string of the molecule is CC(C(=O)O)N1CCN(CCOCC(F)(F)F)CC1. The molecular formula is C11H19F3N2O3. The predicted octanol–water partition coefficient (Wildman–Crippen LogP) is 0.656. The van der Waals surface area contributed by atoms with Crippen molar-refractivity contribution in [2.75, 3.05) is 45.9 Å². The molecule has 1 N–H and O–H groups in total. The van der Waals surface area contributed by atoms with E-state index in [4.69, 9.17) is 5.11 Å². The second kappa shape index (κ2) is 7.06. The zero-order chi connectivity index (χ0) is 14.5. The van der Waals surface area contributed by atoms with Gasteiger partial charge in [-0.1, -0.05) is 0 Å². The van der Waals surface area contributed by atoms with Crippen molar-refractivity contribution in [2.45, 2.75) is 19.1 Å². The van der Waals surface area contributed by atoms with E-state index in [0.717, 1.165) is 0 Å². The summed E-state index contributed by atoms with van der Waals surface area (Å²) in [6.07, 6.45) is -4.28. The highest BCUT2D eigenvalue weighted by Gasteiger charge is 2.28. The fraction of sp³-hybridized carbons (Fsp3) is 0.909. The Morgan fingerprint density at radius 3 is 2.37 bits per heavy atom. The lowest BCUT2D eigenvalue weighted by Gasteiger charge is -2.36. The molecule has 0 aromatic rings. The third-order valence-electron chi connectivity index (χ3n) is 3.13. The minimum absolute atomic E-state index is 0.0357. The van der Waals surface area contributed by atoms with Gasteiger partial charge >= 0.3 is 12.1 Å². The average Bonchev–Trinajstić information content (AvgIpc) is 2.33. The van der Waals surface area contributed by atoms with Crippen molar-refractivity contribution >= 4 is 5.97 Å². The van der Waals surface area contributed by atoms with Crippen molar-refractivity contribution in [3.8, 4) is 0 Å². The van der Waals surface area contributed by atoms with Crippen LogP contribution in [0, 0.1) is 0 Å². The lowest BCUT2D eigenvalue weighted by Crippen LogP contribution is -2.52. The molecule has 1 heterocycles. The Morgan fingerprint density at radius 1 is 1.32 bits per heavy atom. The first kappa shape index (κ1) is 16.2. The second-order valence-electron chi connectivity index (χ2n) is 4.56. The first-order valence-electron chi connectivity index (χ1n) is 6.13. The molecule has 0 radical (unpaired) electrons. The Kier molecular flexibility index (Phi) is 6.02. The quantitative estimate of drug-likeness (QED) is 0.726. The Morgan fingerprint density at radius 2 is 1.89 bits per heavy atom. The maximum Gasteiger partial charge on any atom is 0.411 e. The summed E-state index contributed by atoms with van der Waals surface area (Å²) in [5.41, 5.74) is 0. The molecular weight excluding hydrogens is 265 g/mol. The molecule has 0 spiro atoms. The fourth-order valence-corrected chi connectivity index (χ4v) is 1.91. The second-order valence-corrected chi connectivity index (χ2v) is 4.56. The maximum absolute atomic E-state index is 11.8. The van der Waals surface area contributed by atoms with Crippen molar-refractivity contribution in [2.24, 2.45) is 0 Å². The average molecular weight is 284 g/mol. The van der Waals surface area contributed by atoms with Gasteiger partial charge < -0.3 is 9.84 Å². The minimum Gasteiger partial charge on any atom is -0.480 e. The van der Waals surface area contributed by atoms with Crippen molar-refractivity contribution in [1.29, 1.82) is 0 Å². The number of rotatable bonds is 6. The van der Waals surface area contributed by atoms with E-state index in [2.05, 4.69) is 4.74 Å². The summed E-state index contributed by atoms with van der Waals surface area (Å²) in [6, 6.07) is -0.524. The number of carbonyl (C=O) groups is 1. The molecule has 112 valence electrons. The third-order valence-corrected chi connectivity index (χ3v) is 3.13. The summed E-state index contributed by atoms with van der Waals surface area (Å²) >= 11 is 0. The van der Waals surface area contributed by atoms with E-state index in [9.17, 15) is 18.0 Å². The molecule has 1 aliphatic heterocycles. The third kappa shape index (κ3) is 6.22. The van der Waals surface area contributed by atoms with Crippen LogP contribution in [0.1, 0.15) is 6.92 Å². The number of halogens is 3. The van der Waals surface area contributed by atoms with Gasteiger partial charge in [0.1, 0.15) is 12.6 Å². The zero-order valence-electron chi connectivity index (χ0n) is 10.8. The Labute approximate surface area is 109 Å². The van der Waals surface area contributed by atoms with E-state index < -0.39 is 24.8 Å². The molecule has 0 saturated carbocycles. The largest absolute Gasteiger partial charge is 0.480 e. The Hall–Kier alpha value is -0.860. The van der Waals surface area contributed by atoms with E-state index in [0.29, 0.717) is 32.7 Å². The first-order valence-corrected chi connectivity index (χ1v) is 6.13. The van der Waals surface area contributed by atoms with Crippen LogP contribution in [0.25, 0.3) is 0 Å². The Balaban J connectivity index is 2.15. The van der Waals surface area contributed by atoms with Crippen molar-refractivity contribution in [3.05, 3.63) is 0 Å². The van der Waals surface area contributed by atoms with Crippen molar-refractivity contribution in [3.63, 3.8) is 0 Å². The fourth-order valence-electron chi connectivity index (χ4n) is 1.91. The van der Waals surface area contributed by atoms with Gasteiger partial charge in [0.25, 0.3) is 0 Å². The van der Waals surface area contributed by atoms with Crippen LogP contribution >= 0.6 is 0 Å². The summed E-state index contributed by atoms with van der Waals surface area (Å²) in [7, 11) is 0. The summed E-state index contributed by atoms with van der Waals surface area (Å²) in [6.45, 7) is 3.38. The lowest BCUT2D eigenvalue weighted by molar-refractivity contribution is -0.174. The molecule has 1 unspecified atom stereocenters. The molecule has 19 heavy (non-hydrogen) atoms. The normalized spacial score (nSPS) is 20.4.